The van der Waals surface area contributed by atoms with Crippen molar-refractivity contribution in [1.82, 2.24) is 10.2 Å². The summed E-state index contributed by atoms with van der Waals surface area (Å²) in [6.45, 7) is 3.77. The lowest BCUT2D eigenvalue weighted by atomic mass is 9.69. The van der Waals surface area contributed by atoms with Gasteiger partial charge in [-0.25, -0.2) is 0 Å². The van der Waals surface area contributed by atoms with Gasteiger partial charge >= 0.3 is 0 Å². The molecule has 2 aromatic carbocycles. The van der Waals surface area contributed by atoms with E-state index in [-0.39, 0.29) is 23.0 Å². The molecule has 218 valence electrons. The average Bonchev–Trinajstić information content (AvgIpc) is 3.34. The van der Waals surface area contributed by atoms with Gasteiger partial charge in [-0.1, -0.05) is 36.4 Å². The van der Waals surface area contributed by atoms with E-state index in [2.05, 4.69) is 41.5 Å². The molecule has 0 saturated heterocycles. The standard InChI is InChI=1S/C17H21NO3.C16H19NO3/c1-18-8-7-17-6-5-12(19)9-14(17)21-16-13(20-2)4-3-11(10-18)15(16)17;1-19-12-3-2-10-9-17-7-6-16-5-4-11(18)8-13(16)20-15(12)14(10)16/h3-6,12,14,19H,7-10H2,1-2H3;2-5,11,13,17-18H,6-9H2,1H3/t12-,14-,17-;11-,13-,16-/m00/s1. The number of benzene rings is 2. The zero-order valence-corrected chi connectivity index (χ0v) is 24.1. The molecule has 2 spiro atoms. The Morgan fingerprint density at radius 3 is 2.00 bits per heavy atom. The third-order valence-corrected chi connectivity index (χ3v) is 9.98. The summed E-state index contributed by atoms with van der Waals surface area (Å²) >= 11 is 0. The summed E-state index contributed by atoms with van der Waals surface area (Å²) < 4.78 is 23.4. The summed E-state index contributed by atoms with van der Waals surface area (Å²) in [5, 5.41) is 23.4. The van der Waals surface area contributed by atoms with E-state index in [1.165, 1.54) is 22.3 Å². The predicted molar refractivity (Wildman–Crippen MR) is 155 cm³/mol. The number of hydrogen-bond acceptors (Lipinski definition) is 8. The molecule has 0 aromatic heterocycles. The van der Waals surface area contributed by atoms with Crippen molar-refractivity contribution in [3.8, 4) is 23.0 Å². The lowest BCUT2D eigenvalue weighted by Crippen LogP contribution is -2.42. The number of methoxy groups -OCH3 is 2. The number of nitrogens with one attached hydrogen (secondary N) is 1. The van der Waals surface area contributed by atoms with Gasteiger partial charge in [0.05, 0.1) is 37.3 Å². The fraction of sp³-hybridized carbons (Fsp3) is 0.515. The van der Waals surface area contributed by atoms with E-state index in [0.29, 0.717) is 12.8 Å². The monoisotopic (exact) mass is 560 g/mol. The summed E-state index contributed by atoms with van der Waals surface area (Å²) in [6.07, 6.45) is 10.7. The third-order valence-electron chi connectivity index (χ3n) is 9.98. The number of aliphatic hydroxyl groups is 2. The van der Waals surface area contributed by atoms with Crippen LogP contribution in [0.1, 0.15) is 47.9 Å². The van der Waals surface area contributed by atoms with Crippen LogP contribution in [-0.2, 0) is 23.9 Å². The molecule has 41 heavy (non-hydrogen) atoms. The average molecular weight is 561 g/mol. The van der Waals surface area contributed by atoms with E-state index < -0.39 is 12.2 Å². The molecule has 0 amide bonds. The van der Waals surface area contributed by atoms with Crippen LogP contribution in [0.5, 0.6) is 23.0 Å². The van der Waals surface area contributed by atoms with E-state index in [9.17, 15) is 10.2 Å². The van der Waals surface area contributed by atoms with Crippen LogP contribution >= 0.6 is 0 Å². The van der Waals surface area contributed by atoms with Crippen LogP contribution in [0.2, 0.25) is 0 Å². The molecule has 0 unspecified atom stereocenters. The minimum atomic E-state index is -0.412. The second-order valence-corrected chi connectivity index (χ2v) is 12.3. The molecule has 8 rings (SSSR count). The molecule has 8 heteroatoms. The Morgan fingerprint density at radius 2 is 1.39 bits per heavy atom. The van der Waals surface area contributed by atoms with Crippen molar-refractivity contribution < 1.29 is 29.2 Å². The van der Waals surface area contributed by atoms with Crippen molar-refractivity contribution in [3.63, 3.8) is 0 Å². The maximum absolute atomic E-state index is 9.97. The van der Waals surface area contributed by atoms with Gasteiger partial charge in [-0.05, 0) is 56.2 Å². The van der Waals surface area contributed by atoms with Crippen molar-refractivity contribution in [3.05, 3.63) is 70.8 Å². The molecular formula is C33H40N2O6. The third kappa shape index (κ3) is 4.10. The molecule has 2 aliphatic carbocycles. The Bertz CT molecular complexity index is 1410. The van der Waals surface area contributed by atoms with Crippen LogP contribution in [0.25, 0.3) is 0 Å². The van der Waals surface area contributed by atoms with E-state index in [4.69, 9.17) is 18.9 Å². The van der Waals surface area contributed by atoms with Crippen LogP contribution in [-0.4, -0.2) is 73.9 Å². The van der Waals surface area contributed by atoms with Crippen molar-refractivity contribution in [2.75, 3.05) is 34.4 Å². The Kier molecular flexibility index (Phi) is 6.58. The first-order valence-corrected chi connectivity index (χ1v) is 14.8. The highest BCUT2D eigenvalue weighted by Gasteiger charge is 2.53. The van der Waals surface area contributed by atoms with Crippen LogP contribution in [0.3, 0.4) is 0 Å². The maximum atomic E-state index is 9.97. The number of ether oxygens (including phenoxy) is 4. The maximum Gasteiger partial charge on any atom is 0.166 e. The van der Waals surface area contributed by atoms with Gasteiger partial charge in [0.2, 0.25) is 0 Å². The van der Waals surface area contributed by atoms with E-state index in [0.717, 1.165) is 62.0 Å². The molecule has 6 atom stereocenters. The highest BCUT2D eigenvalue weighted by Crippen LogP contribution is 2.56. The number of nitrogens with zero attached hydrogens (tertiary/aromatic N) is 1. The number of hydrogen-bond donors (Lipinski definition) is 3. The normalized spacial score (nSPS) is 33.9. The van der Waals surface area contributed by atoms with Gasteiger partial charge in [0.15, 0.2) is 23.0 Å². The Hall–Kier alpha value is -3.04. The highest BCUT2D eigenvalue weighted by molar-refractivity contribution is 5.62. The molecule has 4 heterocycles. The summed E-state index contributed by atoms with van der Waals surface area (Å²) in [6, 6.07) is 8.26. The number of aliphatic hydroxyl groups excluding tert-OH is 2. The second-order valence-electron chi connectivity index (χ2n) is 12.3. The molecular weight excluding hydrogens is 520 g/mol. The SMILES string of the molecule is COc1ccc2c3c1O[C@H]1C[C@@H](O)C=C[C@@]31CCN(C)C2.COc1ccc2c3c1O[C@H]1C[C@@H](O)C=C[C@@]31CCNC2. The Morgan fingerprint density at radius 1 is 0.829 bits per heavy atom. The Labute approximate surface area is 241 Å². The first kappa shape index (κ1) is 26.8. The molecule has 0 fully saturated rings. The van der Waals surface area contributed by atoms with Crippen molar-refractivity contribution in [1.29, 1.82) is 0 Å². The fourth-order valence-electron chi connectivity index (χ4n) is 7.94. The van der Waals surface area contributed by atoms with Gasteiger partial charge in [-0.15, -0.1) is 0 Å². The van der Waals surface area contributed by atoms with Gasteiger partial charge in [-0.2, -0.15) is 0 Å². The highest BCUT2D eigenvalue weighted by atomic mass is 16.5. The van der Waals surface area contributed by atoms with Gasteiger partial charge in [0, 0.05) is 37.1 Å². The van der Waals surface area contributed by atoms with Crippen LogP contribution in [0.4, 0.5) is 0 Å². The molecule has 8 nitrogen and oxygen atoms in total. The lowest BCUT2D eigenvalue weighted by molar-refractivity contribution is 0.0821. The van der Waals surface area contributed by atoms with Gasteiger partial charge in [-0.3, -0.25) is 0 Å². The second kappa shape index (κ2) is 10.1. The molecule has 0 bridgehead atoms. The molecule has 0 radical (unpaired) electrons. The summed E-state index contributed by atoms with van der Waals surface area (Å²) in [7, 11) is 5.52. The van der Waals surface area contributed by atoms with Crippen LogP contribution in [0, 0.1) is 0 Å². The zero-order chi connectivity index (χ0) is 28.4. The largest absolute Gasteiger partial charge is 0.493 e. The van der Waals surface area contributed by atoms with Gasteiger partial charge in [0.25, 0.3) is 0 Å². The van der Waals surface area contributed by atoms with Crippen molar-refractivity contribution >= 4 is 0 Å². The Balaban J connectivity index is 0.000000135. The zero-order valence-electron chi connectivity index (χ0n) is 24.1. The van der Waals surface area contributed by atoms with Crippen molar-refractivity contribution in [2.45, 2.75) is 74.0 Å². The van der Waals surface area contributed by atoms with Crippen LogP contribution in [0.15, 0.2) is 48.6 Å². The van der Waals surface area contributed by atoms with E-state index in [1.807, 2.05) is 24.3 Å². The smallest absolute Gasteiger partial charge is 0.166 e. The van der Waals surface area contributed by atoms with Crippen LogP contribution < -0.4 is 24.3 Å². The molecule has 3 N–H and O–H groups in total. The van der Waals surface area contributed by atoms with E-state index >= 15 is 0 Å². The predicted octanol–water partition coefficient (Wildman–Crippen LogP) is 3.36. The molecule has 0 saturated carbocycles. The summed E-state index contributed by atoms with van der Waals surface area (Å²) in [4.78, 5) is 2.35. The van der Waals surface area contributed by atoms with E-state index in [1.54, 1.807) is 14.2 Å². The summed E-state index contributed by atoms with van der Waals surface area (Å²) in [5.74, 6) is 3.35. The topological polar surface area (TPSA) is 92.7 Å². The molecule has 2 aromatic rings. The molecule has 6 aliphatic rings. The minimum Gasteiger partial charge on any atom is -0.493 e. The number of rotatable bonds is 2. The lowest BCUT2D eigenvalue weighted by Gasteiger charge is -2.35. The quantitative estimate of drug-likeness (QED) is 0.482. The van der Waals surface area contributed by atoms with Gasteiger partial charge < -0.3 is 39.4 Å². The minimum absolute atomic E-state index is 0.00690. The first-order chi connectivity index (χ1) is 19.9. The fourth-order valence-corrected chi connectivity index (χ4v) is 7.94. The summed E-state index contributed by atoms with van der Waals surface area (Å²) in [5.41, 5.74) is 4.91. The first-order valence-electron chi connectivity index (χ1n) is 14.8. The van der Waals surface area contributed by atoms with Crippen molar-refractivity contribution in [2.24, 2.45) is 0 Å². The van der Waals surface area contributed by atoms with Gasteiger partial charge in [0.1, 0.15) is 12.2 Å². The molecule has 4 aliphatic heterocycles.